The van der Waals surface area contributed by atoms with Crippen molar-refractivity contribution in [3.8, 4) is 0 Å². The van der Waals surface area contributed by atoms with Crippen molar-refractivity contribution in [1.82, 2.24) is 5.32 Å². The van der Waals surface area contributed by atoms with Crippen LogP contribution in [0, 0.1) is 0 Å². The summed E-state index contributed by atoms with van der Waals surface area (Å²) in [5, 5.41) is 4.30. The molecule has 0 spiro atoms. The molecule has 1 saturated carbocycles. The summed E-state index contributed by atoms with van der Waals surface area (Å²) in [6.45, 7) is 0.927. The summed E-state index contributed by atoms with van der Waals surface area (Å²) >= 11 is 1.96. The predicted octanol–water partition coefficient (Wildman–Crippen LogP) is 1.81. The van der Waals surface area contributed by atoms with E-state index in [4.69, 9.17) is 0 Å². The number of thioether (sulfide) groups is 1. The van der Waals surface area contributed by atoms with Crippen LogP contribution in [0.3, 0.4) is 0 Å². The van der Waals surface area contributed by atoms with Crippen molar-refractivity contribution in [2.75, 3.05) is 19.9 Å². The van der Waals surface area contributed by atoms with Crippen molar-refractivity contribution < 1.29 is 9.53 Å². The molecule has 0 heterocycles. The molecule has 88 valence electrons. The van der Waals surface area contributed by atoms with Crippen LogP contribution >= 0.6 is 11.8 Å². The summed E-state index contributed by atoms with van der Waals surface area (Å²) in [5.41, 5.74) is 0. The van der Waals surface area contributed by atoms with Gasteiger partial charge in [-0.15, -0.1) is 0 Å². The molecule has 15 heavy (non-hydrogen) atoms. The molecule has 1 rings (SSSR count). The first kappa shape index (κ1) is 12.8. The Labute approximate surface area is 96.3 Å². The van der Waals surface area contributed by atoms with Crippen molar-refractivity contribution in [2.24, 2.45) is 0 Å². The zero-order chi connectivity index (χ0) is 11.1. The second kappa shape index (κ2) is 7.12. The van der Waals surface area contributed by atoms with Crippen molar-refractivity contribution in [1.29, 1.82) is 0 Å². The number of esters is 1. The maximum Gasteiger partial charge on any atom is 0.305 e. The Kier molecular flexibility index (Phi) is 6.10. The molecule has 0 aromatic rings. The molecule has 0 amide bonds. The van der Waals surface area contributed by atoms with Crippen LogP contribution in [-0.2, 0) is 9.53 Å². The molecule has 1 N–H and O–H groups in total. The van der Waals surface area contributed by atoms with Gasteiger partial charge >= 0.3 is 5.97 Å². The molecule has 1 aliphatic rings. The molecule has 4 heteroatoms. The van der Waals surface area contributed by atoms with Gasteiger partial charge in [0.2, 0.25) is 0 Å². The van der Waals surface area contributed by atoms with Gasteiger partial charge in [-0.2, -0.15) is 11.8 Å². The van der Waals surface area contributed by atoms with E-state index in [1.807, 2.05) is 11.8 Å². The maximum absolute atomic E-state index is 10.9. The van der Waals surface area contributed by atoms with Crippen LogP contribution in [0.25, 0.3) is 0 Å². The van der Waals surface area contributed by atoms with Crippen molar-refractivity contribution >= 4 is 17.7 Å². The van der Waals surface area contributed by atoms with Gasteiger partial charge < -0.3 is 10.1 Å². The highest BCUT2D eigenvalue weighted by Gasteiger charge is 2.25. The summed E-state index contributed by atoms with van der Waals surface area (Å²) in [4.78, 5) is 10.9. The summed E-state index contributed by atoms with van der Waals surface area (Å²) in [6, 6.07) is 0.651. The third-order valence-electron chi connectivity index (χ3n) is 2.95. The summed E-state index contributed by atoms with van der Waals surface area (Å²) in [6.07, 6.45) is 7.53. The van der Waals surface area contributed by atoms with E-state index < -0.39 is 0 Å². The summed E-state index contributed by atoms with van der Waals surface area (Å²) < 4.78 is 4.59. The lowest BCUT2D eigenvalue weighted by Gasteiger charge is -2.18. The Balaban J connectivity index is 2.06. The van der Waals surface area contributed by atoms with Crippen molar-refractivity contribution in [3.63, 3.8) is 0 Å². The number of nitrogens with one attached hydrogen (secondary N) is 1. The van der Waals surface area contributed by atoms with Crippen LogP contribution in [0.2, 0.25) is 0 Å². The molecular weight excluding hydrogens is 210 g/mol. The lowest BCUT2D eigenvalue weighted by molar-refractivity contribution is -0.140. The lowest BCUT2D eigenvalue weighted by Crippen LogP contribution is -2.34. The van der Waals surface area contributed by atoms with Gasteiger partial charge in [-0.05, 0) is 32.1 Å². The van der Waals surface area contributed by atoms with Crippen LogP contribution in [0.4, 0.5) is 0 Å². The molecule has 1 fully saturated rings. The van der Waals surface area contributed by atoms with Gasteiger partial charge in [-0.1, -0.05) is 6.42 Å². The van der Waals surface area contributed by atoms with E-state index in [0.29, 0.717) is 12.5 Å². The monoisotopic (exact) mass is 231 g/mol. The van der Waals surface area contributed by atoms with Gasteiger partial charge in [0.05, 0.1) is 7.11 Å². The molecule has 3 nitrogen and oxygen atoms in total. The zero-order valence-corrected chi connectivity index (χ0v) is 10.4. The van der Waals surface area contributed by atoms with E-state index in [1.54, 1.807) is 0 Å². The standard InChI is InChI=1S/C11H21NO2S/c1-14-11(13)7-4-8-12-9-5-3-6-10(9)15-2/h9-10,12H,3-8H2,1-2H3. The largest absolute Gasteiger partial charge is 0.469 e. The fourth-order valence-electron chi connectivity index (χ4n) is 2.06. The molecule has 0 aliphatic heterocycles. The van der Waals surface area contributed by atoms with Crippen LogP contribution < -0.4 is 5.32 Å². The van der Waals surface area contributed by atoms with E-state index in [1.165, 1.54) is 26.4 Å². The molecule has 2 atom stereocenters. The third-order valence-corrected chi connectivity index (χ3v) is 4.12. The van der Waals surface area contributed by atoms with E-state index >= 15 is 0 Å². The molecule has 0 radical (unpaired) electrons. The predicted molar refractivity (Wildman–Crippen MR) is 64.2 cm³/mol. The van der Waals surface area contributed by atoms with Crippen LogP contribution in [0.5, 0.6) is 0 Å². The normalized spacial score (nSPS) is 25.5. The molecule has 0 aromatic carbocycles. The summed E-state index contributed by atoms with van der Waals surface area (Å²) in [5.74, 6) is -0.107. The number of methoxy groups -OCH3 is 1. The van der Waals surface area contributed by atoms with Gasteiger partial charge in [-0.25, -0.2) is 0 Å². The second-order valence-electron chi connectivity index (χ2n) is 3.95. The second-order valence-corrected chi connectivity index (χ2v) is 5.02. The fourth-order valence-corrected chi connectivity index (χ4v) is 3.03. The van der Waals surface area contributed by atoms with E-state index in [2.05, 4.69) is 16.3 Å². The van der Waals surface area contributed by atoms with Crippen LogP contribution in [0.15, 0.2) is 0 Å². The summed E-state index contributed by atoms with van der Waals surface area (Å²) in [7, 11) is 1.44. The average Bonchev–Trinajstić information content (AvgIpc) is 2.71. The minimum absolute atomic E-state index is 0.107. The molecule has 2 unspecified atom stereocenters. The highest BCUT2D eigenvalue weighted by Crippen LogP contribution is 2.28. The number of hydrogen-bond donors (Lipinski definition) is 1. The molecule has 0 bridgehead atoms. The van der Waals surface area contributed by atoms with Crippen LogP contribution in [0.1, 0.15) is 32.1 Å². The number of rotatable bonds is 6. The SMILES string of the molecule is COC(=O)CCCNC1CCCC1SC. The van der Waals surface area contributed by atoms with Gasteiger partial charge in [0.15, 0.2) is 0 Å². The topological polar surface area (TPSA) is 38.3 Å². The van der Waals surface area contributed by atoms with Gasteiger partial charge in [0, 0.05) is 17.7 Å². The lowest BCUT2D eigenvalue weighted by atomic mass is 10.2. The third kappa shape index (κ3) is 4.43. The van der Waals surface area contributed by atoms with E-state index in [0.717, 1.165) is 18.2 Å². The molecule has 1 aliphatic carbocycles. The highest BCUT2D eigenvalue weighted by atomic mass is 32.2. The Bertz CT molecular complexity index is 199. The van der Waals surface area contributed by atoms with Gasteiger partial charge in [0.25, 0.3) is 0 Å². The Morgan fingerprint density at radius 1 is 1.53 bits per heavy atom. The first-order chi connectivity index (χ1) is 7.27. The number of carbonyl (C=O) groups is 1. The number of carbonyl (C=O) groups excluding carboxylic acids is 1. The zero-order valence-electron chi connectivity index (χ0n) is 9.62. The van der Waals surface area contributed by atoms with Crippen molar-refractivity contribution in [2.45, 2.75) is 43.4 Å². The van der Waals surface area contributed by atoms with Crippen molar-refractivity contribution in [3.05, 3.63) is 0 Å². The van der Waals surface area contributed by atoms with E-state index in [-0.39, 0.29) is 5.97 Å². The Hall–Kier alpha value is -0.220. The van der Waals surface area contributed by atoms with E-state index in [9.17, 15) is 4.79 Å². The smallest absolute Gasteiger partial charge is 0.305 e. The number of hydrogen-bond acceptors (Lipinski definition) is 4. The average molecular weight is 231 g/mol. The van der Waals surface area contributed by atoms with Gasteiger partial charge in [-0.3, -0.25) is 4.79 Å². The highest BCUT2D eigenvalue weighted by molar-refractivity contribution is 7.99. The minimum atomic E-state index is -0.107. The fraction of sp³-hybridized carbons (Fsp3) is 0.909. The quantitative estimate of drug-likeness (QED) is 0.559. The molecular formula is C11H21NO2S. The van der Waals surface area contributed by atoms with Crippen LogP contribution in [-0.4, -0.2) is 37.2 Å². The first-order valence-corrected chi connectivity index (χ1v) is 6.89. The minimum Gasteiger partial charge on any atom is -0.469 e. The maximum atomic E-state index is 10.9. The van der Waals surface area contributed by atoms with Gasteiger partial charge in [0.1, 0.15) is 0 Å². The Morgan fingerprint density at radius 3 is 3.00 bits per heavy atom. The number of ether oxygens (including phenoxy) is 1. The Morgan fingerprint density at radius 2 is 2.33 bits per heavy atom. The molecule has 0 aromatic heterocycles. The first-order valence-electron chi connectivity index (χ1n) is 5.61. The molecule has 0 saturated heterocycles.